The number of aromatic nitrogens is 2. The van der Waals surface area contributed by atoms with Crippen LogP contribution in [-0.2, 0) is 6.54 Å². The molecule has 6 heteroatoms. The number of aryl methyl sites for hydroxylation is 1. The highest BCUT2D eigenvalue weighted by Crippen LogP contribution is 2.36. The summed E-state index contributed by atoms with van der Waals surface area (Å²) in [5.74, 6) is 2.39. The number of nitrogens with two attached hydrogens (primary N) is 2. The number of imidazole rings is 1. The molecular formula is C18H20N4O2. The summed E-state index contributed by atoms with van der Waals surface area (Å²) < 4.78 is 13.6. The van der Waals surface area contributed by atoms with Gasteiger partial charge in [-0.3, -0.25) is 0 Å². The predicted molar refractivity (Wildman–Crippen MR) is 94.2 cm³/mol. The van der Waals surface area contributed by atoms with E-state index in [0.29, 0.717) is 19.8 Å². The lowest BCUT2D eigenvalue weighted by Gasteiger charge is -2.18. The van der Waals surface area contributed by atoms with Crippen molar-refractivity contribution in [3.63, 3.8) is 0 Å². The van der Waals surface area contributed by atoms with Crippen LogP contribution in [0.1, 0.15) is 6.42 Å². The molecule has 0 saturated heterocycles. The summed E-state index contributed by atoms with van der Waals surface area (Å²) >= 11 is 0. The molecule has 2 aromatic carbocycles. The first-order chi connectivity index (χ1) is 11.8. The zero-order valence-electron chi connectivity index (χ0n) is 13.4. The Balaban J connectivity index is 1.91. The first kappa shape index (κ1) is 14.8. The van der Waals surface area contributed by atoms with Gasteiger partial charge >= 0.3 is 0 Å². The van der Waals surface area contributed by atoms with Crippen LogP contribution in [0.25, 0.3) is 22.4 Å². The van der Waals surface area contributed by atoms with E-state index in [1.165, 1.54) is 0 Å². The second-order valence-electron chi connectivity index (χ2n) is 5.84. The lowest BCUT2D eigenvalue weighted by Crippen LogP contribution is -2.15. The number of rotatable bonds is 4. The minimum Gasteiger partial charge on any atom is -0.486 e. The van der Waals surface area contributed by atoms with Gasteiger partial charge in [0.15, 0.2) is 11.5 Å². The van der Waals surface area contributed by atoms with Gasteiger partial charge in [-0.1, -0.05) is 12.1 Å². The molecule has 0 radical (unpaired) electrons. The quantitative estimate of drug-likeness (QED) is 0.720. The summed E-state index contributed by atoms with van der Waals surface area (Å²) in [7, 11) is 0. The van der Waals surface area contributed by atoms with Crippen LogP contribution in [0.4, 0.5) is 5.69 Å². The molecule has 1 aromatic heterocycles. The summed E-state index contributed by atoms with van der Waals surface area (Å²) in [4.78, 5) is 4.82. The number of nitrogen functional groups attached to an aromatic ring is 1. The van der Waals surface area contributed by atoms with Gasteiger partial charge in [0, 0.05) is 29.9 Å². The maximum absolute atomic E-state index is 5.94. The van der Waals surface area contributed by atoms with Crippen LogP contribution in [0.5, 0.6) is 11.5 Å². The van der Waals surface area contributed by atoms with Gasteiger partial charge in [-0.15, -0.1) is 0 Å². The molecule has 0 bridgehead atoms. The molecule has 1 aliphatic heterocycles. The van der Waals surface area contributed by atoms with Gasteiger partial charge in [0.25, 0.3) is 0 Å². The number of hydrogen-bond acceptors (Lipinski definition) is 5. The summed E-state index contributed by atoms with van der Waals surface area (Å²) in [6.45, 7) is 2.54. The fraction of sp³-hybridized carbons (Fsp3) is 0.278. The Hall–Kier alpha value is -2.73. The number of benzene rings is 2. The molecule has 0 amide bonds. The highest BCUT2D eigenvalue weighted by molar-refractivity contribution is 5.84. The van der Waals surface area contributed by atoms with Gasteiger partial charge < -0.3 is 25.5 Å². The average molecular weight is 324 g/mol. The molecule has 4 rings (SSSR count). The van der Waals surface area contributed by atoms with Crippen LogP contribution in [0.2, 0.25) is 0 Å². The van der Waals surface area contributed by atoms with Gasteiger partial charge in [-0.05, 0) is 25.1 Å². The van der Waals surface area contributed by atoms with Crippen LogP contribution < -0.4 is 20.9 Å². The van der Waals surface area contributed by atoms with E-state index in [-0.39, 0.29) is 0 Å². The van der Waals surface area contributed by atoms with Crippen LogP contribution in [0.15, 0.2) is 36.4 Å². The molecule has 0 aliphatic carbocycles. The van der Waals surface area contributed by atoms with E-state index >= 15 is 0 Å². The SMILES string of the molecule is NCCCn1c(-c2cccc(N)c2)nc2cc3c(cc21)OCCO3. The van der Waals surface area contributed by atoms with E-state index in [1.54, 1.807) is 0 Å². The molecular weight excluding hydrogens is 304 g/mol. The molecule has 0 atom stereocenters. The van der Waals surface area contributed by atoms with Gasteiger partial charge in [0.05, 0.1) is 11.0 Å². The lowest BCUT2D eigenvalue weighted by atomic mass is 10.2. The minimum absolute atomic E-state index is 0.564. The number of nitrogens with zero attached hydrogens (tertiary/aromatic N) is 2. The molecule has 4 N–H and O–H groups in total. The lowest BCUT2D eigenvalue weighted by molar-refractivity contribution is 0.172. The third-order valence-electron chi connectivity index (χ3n) is 4.14. The molecule has 0 spiro atoms. The van der Waals surface area contributed by atoms with Gasteiger partial charge in [0.1, 0.15) is 19.0 Å². The van der Waals surface area contributed by atoms with Gasteiger partial charge in [0.2, 0.25) is 0 Å². The van der Waals surface area contributed by atoms with E-state index in [1.807, 2.05) is 36.4 Å². The number of anilines is 1. The van der Waals surface area contributed by atoms with Crippen molar-refractivity contribution >= 4 is 16.7 Å². The molecule has 0 saturated carbocycles. The van der Waals surface area contributed by atoms with Crippen molar-refractivity contribution in [3.8, 4) is 22.9 Å². The van der Waals surface area contributed by atoms with Crippen LogP contribution in [0.3, 0.4) is 0 Å². The normalized spacial score (nSPS) is 13.4. The number of ether oxygens (including phenoxy) is 2. The Morgan fingerprint density at radius 1 is 1.08 bits per heavy atom. The van der Waals surface area contributed by atoms with E-state index in [9.17, 15) is 0 Å². The van der Waals surface area contributed by atoms with E-state index in [2.05, 4.69) is 4.57 Å². The zero-order chi connectivity index (χ0) is 16.5. The highest BCUT2D eigenvalue weighted by Gasteiger charge is 2.18. The molecule has 6 nitrogen and oxygen atoms in total. The van der Waals surface area contributed by atoms with Gasteiger partial charge in [-0.25, -0.2) is 4.98 Å². The Kier molecular flexibility index (Phi) is 3.74. The third kappa shape index (κ3) is 2.55. The van der Waals surface area contributed by atoms with E-state index < -0.39 is 0 Å². The van der Waals surface area contributed by atoms with Gasteiger partial charge in [-0.2, -0.15) is 0 Å². The van der Waals surface area contributed by atoms with Crippen molar-refractivity contribution < 1.29 is 9.47 Å². The van der Waals surface area contributed by atoms with Crippen molar-refractivity contribution in [1.82, 2.24) is 9.55 Å². The predicted octanol–water partition coefficient (Wildman–Crippen LogP) is 2.41. The summed E-state index contributed by atoms with van der Waals surface area (Å²) in [5, 5.41) is 0. The fourth-order valence-corrected chi connectivity index (χ4v) is 3.04. The monoisotopic (exact) mass is 324 g/mol. The molecule has 1 aliphatic rings. The summed E-state index contributed by atoms with van der Waals surface area (Å²) in [6, 6.07) is 11.7. The molecule has 2 heterocycles. The smallest absolute Gasteiger partial charge is 0.163 e. The zero-order valence-corrected chi connectivity index (χ0v) is 13.4. The molecule has 24 heavy (non-hydrogen) atoms. The van der Waals surface area contributed by atoms with E-state index in [0.717, 1.165) is 52.6 Å². The summed E-state index contributed by atoms with van der Waals surface area (Å²) in [5.41, 5.74) is 15.3. The van der Waals surface area contributed by atoms with Crippen molar-refractivity contribution in [2.24, 2.45) is 5.73 Å². The Labute approximate surface area is 140 Å². The first-order valence-corrected chi connectivity index (χ1v) is 8.12. The minimum atomic E-state index is 0.564. The van der Waals surface area contributed by atoms with Crippen LogP contribution >= 0.6 is 0 Å². The number of hydrogen-bond donors (Lipinski definition) is 2. The Morgan fingerprint density at radius 3 is 2.62 bits per heavy atom. The van der Waals surface area contributed by atoms with Crippen molar-refractivity contribution in [2.75, 3.05) is 25.5 Å². The Bertz CT molecular complexity index is 888. The van der Waals surface area contributed by atoms with Crippen molar-refractivity contribution in [1.29, 1.82) is 0 Å². The second kappa shape index (κ2) is 6.05. The number of fused-ring (bicyclic) bond motifs is 2. The maximum Gasteiger partial charge on any atom is 0.163 e. The second-order valence-corrected chi connectivity index (χ2v) is 5.84. The average Bonchev–Trinajstić information content (AvgIpc) is 2.95. The topological polar surface area (TPSA) is 88.3 Å². The van der Waals surface area contributed by atoms with Crippen LogP contribution in [-0.4, -0.2) is 29.3 Å². The first-order valence-electron chi connectivity index (χ1n) is 8.12. The van der Waals surface area contributed by atoms with Crippen molar-refractivity contribution in [3.05, 3.63) is 36.4 Å². The molecule has 0 fully saturated rings. The van der Waals surface area contributed by atoms with Crippen molar-refractivity contribution in [2.45, 2.75) is 13.0 Å². The van der Waals surface area contributed by atoms with Crippen LogP contribution in [0, 0.1) is 0 Å². The maximum atomic E-state index is 5.94. The largest absolute Gasteiger partial charge is 0.486 e. The van der Waals surface area contributed by atoms with E-state index in [4.69, 9.17) is 25.9 Å². The summed E-state index contributed by atoms with van der Waals surface area (Å²) in [6.07, 6.45) is 0.870. The standard InChI is InChI=1S/C18H20N4O2/c19-5-2-6-22-15-11-17-16(23-7-8-24-17)10-14(15)21-18(22)12-3-1-4-13(20)9-12/h1,3-4,9-11H,2,5-8,19-20H2. The fourth-order valence-electron chi connectivity index (χ4n) is 3.04. The molecule has 3 aromatic rings. The highest BCUT2D eigenvalue weighted by atomic mass is 16.6. The molecule has 124 valence electrons. The Morgan fingerprint density at radius 2 is 1.88 bits per heavy atom. The third-order valence-corrected chi connectivity index (χ3v) is 4.14. The molecule has 0 unspecified atom stereocenters.